The van der Waals surface area contributed by atoms with Gasteiger partial charge in [-0.2, -0.15) is 5.10 Å². The average Bonchev–Trinajstić information content (AvgIpc) is 3.46. The number of carbonyl (C=O) groups excluding carboxylic acids is 1. The molecule has 0 aliphatic carbocycles. The van der Waals surface area contributed by atoms with Gasteiger partial charge in [-0.05, 0) is 23.8 Å². The van der Waals surface area contributed by atoms with Gasteiger partial charge in [-0.15, -0.1) is 0 Å². The van der Waals surface area contributed by atoms with Crippen molar-refractivity contribution in [3.05, 3.63) is 71.4 Å². The second-order valence-electron chi connectivity index (χ2n) is 7.31. The summed E-state index contributed by atoms with van der Waals surface area (Å²) >= 11 is 6.09. The highest BCUT2D eigenvalue weighted by Gasteiger charge is 2.35. The van der Waals surface area contributed by atoms with Gasteiger partial charge >= 0.3 is 6.03 Å². The molecule has 1 aliphatic rings. The number of hydrogen-bond donors (Lipinski definition) is 2. The molecule has 0 unspecified atom stereocenters. The van der Waals surface area contributed by atoms with Crippen LogP contribution in [-0.4, -0.2) is 51.9 Å². The van der Waals surface area contributed by atoms with Crippen LogP contribution < -0.4 is 5.32 Å². The smallest absolute Gasteiger partial charge is 0.330 e. The summed E-state index contributed by atoms with van der Waals surface area (Å²) in [6, 6.07) is 9.90. The molecule has 1 aromatic carbocycles. The number of halogens is 1. The van der Waals surface area contributed by atoms with Gasteiger partial charge in [0.05, 0.1) is 31.1 Å². The monoisotopic (exact) mass is 450 g/mol. The van der Waals surface area contributed by atoms with Gasteiger partial charge in [0, 0.05) is 30.5 Å². The van der Waals surface area contributed by atoms with Crippen LogP contribution in [0.5, 0.6) is 0 Å². The standard InChI is InChI=1S/C21H19ClN8O2/c1-28-18(6-8-24-28)27-20-23-7-5-15(26-20)16-10-30-19(25-16)11-29(21(30)32)17(12-31)13-3-2-4-14(22)9-13/h2-10,17,31H,11-12H2,1H3,(H,23,26,27)/t17-/m1/s1. The molecule has 1 atom stereocenters. The van der Waals surface area contributed by atoms with Crippen LogP contribution >= 0.6 is 11.6 Å². The fourth-order valence-corrected chi connectivity index (χ4v) is 3.89. The van der Waals surface area contributed by atoms with Gasteiger partial charge in [0.1, 0.15) is 17.3 Å². The normalized spacial score (nSPS) is 14.0. The minimum atomic E-state index is -0.514. The SMILES string of the molecule is Cn1nccc1Nc1nccc(-c2cn3c(n2)CN([C@H](CO)c2cccc(Cl)c2)C3=O)n1. The number of aromatic nitrogens is 6. The number of amides is 1. The Hall–Kier alpha value is -3.76. The Morgan fingerprint density at radius 3 is 2.78 bits per heavy atom. The van der Waals surface area contributed by atoms with Crippen molar-refractivity contribution in [2.75, 3.05) is 11.9 Å². The molecule has 0 saturated heterocycles. The third kappa shape index (κ3) is 3.59. The van der Waals surface area contributed by atoms with Gasteiger partial charge in [-0.25, -0.2) is 19.7 Å². The lowest BCUT2D eigenvalue weighted by Crippen LogP contribution is -2.32. The minimum absolute atomic E-state index is 0.223. The van der Waals surface area contributed by atoms with Gasteiger partial charge in [0.25, 0.3) is 0 Å². The van der Waals surface area contributed by atoms with Gasteiger partial charge in [0.15, 0.2) is 0 Å². The zero-order valence-electron chi connectivity index (χ0n) is 17.1. The largest absolute Gasteiger partial charge is 0.394 e. The Morgan fingerprint density at radius 2 is 2.06 bits per heavy atom. The number of imidazole rings is 1. The molecule has 10 nitrogen and oxygen atoms in total. The van der Waals surface area contributed by atoms with Gasteiger partial charge in [-0.3, -0.25) is 9.25 Å². The summed E-state index contributed by atoms with van der Waals surface area (Å²) in [5.41, 5.74) is 1.91. The number of aliphatic hydroxyl groups excluding tert-OH is 1. The van der Waals surface area contributed by atoms with Crippen LogP contribution in [0.15, 0.2) is 55.0 Å². The molecule has 0 saturated carbocycles. The Morgan fingerprint density at radius 1 is 1.19 bits per heavy atom. The van der Waals surface area contributed by atoms with Crippen LogP contribution in [0.4, 0.5) is 16.6 Å². The molecular formula is C21H19ClN8O2. The van der Waals surface area contributed by atoms with Crippen molar-refractivity contribution in [3.63, 3.8) is 0 Å². The summed E-state index contributed by atoms with van der Waals surface area (Å²) in [6.45, 7) is 0.0422. The Labute approximate surface area is 188 Å². The van der Waals surface area contributed by atoms with E-state index in [9.17, 15) is 9.90 Å². The fourth-order valence-electron chi connectivity index (χ4n) is 3.69. The van der Waals surface area contributed by atoms with E-state index in [1.807, 2.05) is 19.2 Å². The van der Waals surface area contributed by atoms with E-state index in [-0.39, 0.29) is 19.2 Å². The van der Waals surface area contributed by atoms with E-state index < -0.39 is 6.04 Å². The molecule has 5 rings (SSSR count). The fraction of sp³-hybridized carbons (Fsp3) is 0.190. The van der Waals surface area contributed by atoms with Gasteiger partial charge < -0.3 is 15.3 Å². The zero-order chi connectivity index (χ0) is 22.2. The van der Waals surface area contributed by atoms with E-state index in [0.717, 1.165) is 11.4 Å². The summed E-state index contributed by atoms with van der Waals surface area (Å²) in [5, 5.41) is 17.7. The Kier molecular flexibility index (Phi) is 5.08. The van der Waals surface area contributed by atoms with Crippen LogP contribution in [0, 0.1) is 0 Å². The van der Waals surface area contributed by atoms with Crippen LogP contribution in [0.25, 0.3) is 11.4 Å². The molecule has 4 heterocycles. The van der Waals surface area contributed by atoms with Gasteiger partial charge in [0.2, 0.25) is 5.95 Å². The highest BCUT2D eigenvalue weighted by atomic mass is 35.5. The Bertz CT molecular complexity index is 1300. The van der Waals surface area contributed by atoms with Crippen molar-refractivity contribution in [3.8, 4) is 11.4 Å². The number of hydrogen-bond acceptors (Lipinski definition) is 7. The summed E-state index contributed by atoms with van der Waals surface area (Å²) in [5.74, 6) is 1.72. The van der Waals surface area contributed by atoms with Crippen LogP contribution in [-0.2, 0) is 13.6 Å². The number of nitrogens with zero attached hydrogens (tertiary/aromatic N) is 7. The molecule has 4 aromatic rings. The average molecular weight is 451 g/mol. The maximum Gasteiger partial charge on any atom is 0.330 e. The number of aliphatic hydroxyl groups is 1. The maximum atomic E-state index is 13.1. The molecule has 2 N–H and O–H groups in total. The van der Waals surface area contributed by atoms with Crippen molar-refractivity contribution < 1.29 is 9.90 Å². The minimum Gasteiger partial charge on any atom is -0.394 e. The number of anilines is 2. The molecule has 1 aliphatic heterocycles. The second-order valence-corrected chi connectivity index (χ2v) is 7.74. The number of nitrogens with one attached hydrogen (secondary N) is 1. The summed E-state index contributed by atoms with van der Waals surface area (Å²) in [7, 11) is 1.81. The van der Waals surface area contributed by atoms with Crippen molar-refractivity contribution in [1.29, 1.82) is 0 Å². The number of aryl methyl sites for hydroxylation is 1. The third-order valence-corrected chi connectivity index (χ3v) is 5.54. The van der Waals surface area contributed by atoms with Crippen LogP contribution in [0.1, 0.15) is 17.4 Å². The van der Waals surface area contributed by atoms with E-state index in [1.165, 1.54) is 4.57 Å². The van der Waals surface area contributed by atoms with Crippen molar-refractivity contribution in [1.82, 2.24) is 34.2 Å². The summed E-state index contributed by atoms with van der Waals surface area (Å²) in [6.07, 6.45) is 4.95. The molecule has 11 heteroatoms. The molecule has 32 heavy (non-hydrogen) atoms. The second kappa shape index (κ2) is 8.06. The summed E-state index contributed by atoms with van der Waals surface area (Å²) in [4.78, 5) is 28.0. The lowest BCUT2D eigenvalue weighted by molar-refractivity contribution is 0.141. The molecule has 1 amide bonds. The van der Waals surface area contributed by atoms with E-state index in [1.54, 1.807) is 52.4 Å². The first kappa shape index (κ1) is 20.2. The number of carbonyl (C=O) groups is 1. The van der Waals surface area contributed by atoms with Crippen molar-refractivity contribution in [2.45, 2.75) is 12.6 Å². The first-order valence-electron chi connectivity index (χ1n) is 9.87. The highest BCUT2D eigenvalue weighted by molar-refractivity contribution is 6.30. The topological polar surface area (TPSA) is 114 Å². The van der Waals surface area contributed by atoms with Crippen LogP contribution in [0.2, 0.25) is 5.02 Å². The molecule has 3 aromatic heterocycles. The summed E-state index contributed by atoms with van der Waals surface area (Å²) < 4.78 is 3.16. The van der Waals surface area contributed by atoms with E-state index in [0.29, 0.717) is 28.2 Å². The Balaban J connectivity index is 1.39. The third-order valence-electron chi connectivity index (χ3n) is 5.30. The lowest BCUT2D eigenvalue weighted by Gasteiger charge is -2.25. The van der Waals surface area contributed by atoms with Gasteiger partial charge in [-0.1, -0.05) is 23.7 Å². The molecule has 0 bridgehead atoms. The number of fused-ring (bicyclic) bond motifs is 1. The highest BCUT2D eigenvalue weighted by Crippen LogP contribution is 2.31. The lowest BCUT2D eigenvalue weighted by atomic mass is 10.1. The zero-order valence-corrected chi connectivity index (χ0v) is 17.8. The van der Waals surface area contributed by atoms with E-state index in [2.05, 4.69) is 25.4 Å². The molecule has 0 radical (unpaired) electrons. The molecule has 162 valence electrons. The van der Waals surface area contributed by atoms with Crippen LogP contribution in [0.3, 0.4) is 0 Å². The quantitative estimate of drug-likeness (QED) is 0.464. The molecule has 0 spiro atoms. The molecular weight excluding hydrogens is 432 g/mol. The maximum absolute atomic E-state index is 13.1. The first-order chi connectivity index (χ1) is 15.5. The van der Waals surface area contributed by atoms with Crippen molar-refractivity contribution in [2.24, 2.45) is 7.05 Å². The van der Waals surface area contributed by atoms with E-state index in [4.69, 9.17) is 11.6 Å². The first-order valence-corrected chi connectivity index (χ1v) is 10.3. The predicted octanol–water partition coefficient (Wildman–Crippen LogP) is 2.99. The van der Waals surface area contributed by atoms with E-state index >= 15 is 0 Å². The predicted molar refractivity (Wildman–Crippen MR) is 117 cm³/mol. The number of rotatable bonds is 6. The number of benzene rings is 1. The molecule has 0 fully saturated rings. The van der Waals surface area contributed by atoms with Crippen molar-refractivity contribution >= 4 is 29.4 Å².